The molecule has 0 saturated carbocycles. The molecule has 0 radical (unpaired) electrons. The van der Waals surface area contributed by atoms with Crippen molar-refractivity contribution >= 4 is 7.60 Å². The van der Waals surface area contributed by atoms with Gasteiger partial charge in [0.2, 0.25) is 0 Å². The predicted octanol–water partition coefficient (Wildman–Crippen LogP) is 6.82. The van der Waals surface area contributed by atoms with E-state index in [1.54, 1.807) is 13.8 Å². The summed E-state index contributed by atoms with van der Waals surface area (Å²) < 4.78 is 68.5. The van der Waals surface area contributed by atoms with Crippen LogP contribution in [0, 0.1) is 0 Å². The maximum Gasteiger partial charge on any atom is 0.419 e. The van der Waals surface area contributed by atoms with Gasteiger partial charge in [-0.15, -0.1) is 0 Å². The lowest BCUT2D eigenvalue weighted by molar-refractivity contribution is -0.139. The van der Waals surface area contributed by atoms with Crippen LogP contribution in [0.5, 0.6) is 5.75 Å². The molecule has 0 N–H and O–H groups in total. The molecule has 0 aliphatic rings. The first-order valence-corrected chi connectivity index (χ1v) is 11.2. The van der Waals surface area contributed by atoms with Crippen LogP contribution in [-0.2, 0) is 26.0 Å². The van der Waals surface area contributed by atoms with Gasteiger partial charge >= 0.3 is 13.8 Å². The lowest BCUT2D eigenvalue weighted by atomic mass is 10.1. The van der Waals surface area contributed by atoms with E-state index in [9.17, 15) is 17.7 Å². The van der Waals surface area contributed by atoms with Gasteiger partial charge in [-0.3, -0.25) is 4.57 Å². The van der Waals surface area contributed by atoms with Crippen LogP contribution in [0.3, 0.4) is 0 Å². The maximum absolute atomic E-state index is 13.4. The van der Waals surface area contributed by atoms with Crippen molar-refractivity contribution in [3.8, 4) is 5.75 Å². The van der Waals surface area contributed by atoms with Crippen molar-refractivity contribution < 1.29 is 31.5 Å². The maximum atomic E-state index is 13.4. The SMILES string of the molecule is CCCCCCCOc1ccc(CP(=O)(OCC)OCC)cc1C(F)(F)F. The summed E-state index contributed by atoms with van der Waals surface area (Å²) >= 11 is 0. The molecular weight excluding hydrogens is 380 g/mol. The summed E-state index contributed by atoms with van der Waals surface area (Å²) in [5.41, 5.74) is -0.629. The minimum atomic E-state index is -4.56. The molecule has 8 heteroatoms. The third kappa shape index (κ3) is 8.67. The van der Waals surface area contributed by atoms with Gasteiger partial charge in [0, 0.05) is 0 Å². The number of benzene rings is 1. The van der Waals surface area contributed by atoms with Crippen LogP contribution in [0.4, 0.5) is 13.2 Å². The third-order valence-electron chi connectivity index (χ3n) is 3.88. The van der Waals surface area contributed by atoms with E-state index in [-0.39, 0.29) is 37.3 Å². The van der Waals surface area contributed by atoms with E-state index in [4.69, 9.17) is 13.8 Å². The number of halogens is 3. The smallest absolute Gasteiger partial charge is 0.419 e. The molecule has 4 nitrogen and oxygen atoms in total. The van der Waals surface area contributed by atoms with Gasteiger partial charge in [0.05, 0.1) is 31.5 Å². The van der Waals surface area contributed by atoms with Crippen molar-refractivity contribution in [1.82, 2.24) is 0 Å². The molecule has 1 aromatic carbocycles. The molecule has 0 atom stereocenters. The van der Waals surface area contributed by atoms with E-state index in [1.165, 1.54) is 12.1 Å². The highest BCUT2D eigenvalue weighted by molar-refractivity contribution is 7.53. The Balaban J connectivity index is 2.88. The van der Waals surface area contributed by atoms with Crippen molar-refractivity contribution in [2.24, 2.45) is 0 Å². The van der Waals surface area contributed by atoms with Crippen LogP contribution in [0.2, 0.25) is 0 Å². The number of hydrogen-bond donors (Lipinski definition) is 0. The molecule has 1 rings (SSSR count). The first kappa shape index (κ1) is 24.0. The van der Waals surface area contributed by atoms with Gasteiger partial charge in [0.25, 0.3) is 0 Å². The molecule has 0 aliphatic heterocycles. The molecular formula is C19H30F3O4P. The van der Waals surface area contributed by atoms with Gasteiger partial charge in [0.15, 0.2) is 0 Å². The van der Waals surface area contributed by atoms with Crippen molar-refractivity contribution in [3.63, 3.8) is 0 Å². The van der Waals surface area contributed by atoms with Crippen molar-refractivity contribution in [3.05, 3.63) is 29.3 Å². The van der Waals surface area contributed by atoms with Crippen LogP contribution >= 0.6 is 7.60 Å². The Kier molecular flexibility index (Phi) is 10.4. The Hall–Kier alpha value is -1.04. The predicted molar refractivity (Wildman–Crippen MR) is 100 cm³/mol. The molecule has 0 fully saturated rings. The molecule has 0 bridgehead atoms. The summed E-state index contributed by atoms with van der Waals surface area (Å²) in [5, 5.41) is 0. The highest BCUT2D eigenvalue weighted by Gasteiger charge is 2.35. The van der Waals surface area contributed by atoms with E-state index in [2.05, 4.69) is 6.92 Å². The van der Waals surface area contributed by atoms with E-state index >= 15 is 0 Å². The molecule has 156 valence electrons. The van der Waals surface area contributed by atoms with Crippen LogP contribution in [-0.4, -0.2) is 19.8 Å². The van der Waals surface area contributed by atoms with Gasteiger partial charge in [-0.2, -0.15) is 13.2 Å². The second-order valence-electron chi connectivity index (χ2n) is 6.20. The van der Waals surface area contributed by atoms with Crippen LogP contribution in [0.15, 0.2) is 18.2 Å². The summed E-state index contributed by atoms with van der Waals surface area (Å²) in [5.74, 6) is -0.204. The van der Waals surface area contributed by atoms with Gasteiger partial charge in [-0.05, 0) is 38.0 Å². The minimum Gasteiger partial charge on any atom is -0.493 e. The average molecular weight is 410 g/mol. The molecule has 0 amide bonds. The molecule has 0 heterocycles. The van der Waals surface area contributed by atoms with Gasteiger partial charge in [-0.1, -0.05) is 38.7 Å². The number of ether oxygens (including phenoxy) is 1. The monoisotopic (exact) mass is 410 g/mol. The third-order valence-corrected chi connectivity index (χ3v) is 5.94. The topological polar surface area (TPSA) is 44.8 Å². The zero-order valence-electron chi connectivity index (χ0n) is 16.3. The zero-order valence-corrected chi connectivity index (χ0v) is 17.2. The Morgan fingerprint density at radius 1 is 0.963 bits per heavy atom. The fourth-order valence-electron chi connectivity index (χ4n) is 2.66. The quantitative estimate of drug-likeness (QED) is 0.264. The molecule has 0 aliphatic carbocycles. The fraction of sp³-hybridized carbons (Fsp3) is 0.684. The first-order valence-electron chi connectivity index (χ1n) is 9.46. The number of unbranched alkanes of at least 4 members (excludes halogenated alkanes) is 4. The van der Waals surface area contributed by atoms with E-state index < -0.39 is 19.3 Å². The molecule has 0 aromatic heterocycles. The number of rotatable bonds is 13. The number of hydrogen-bond acceptors (Lipinski definition) is 4. The summed E-state index contributed by atoms with van der Waals surface area (Å²) in [4.78, 5) is 0. The molecule has 0 saturated heterocycles. The number of alkyl halides is 3. The summed E-state index contributed by atoms with van der Waals surface area (Å²) in [6, 6.07) is 3.73. The lowest BCUT2D eigenvalue weighted by Crippen LogP contribution is -2.10. The second-order valence-corrected chi connectivity index (χ2v) is 8.25. The Bertz CT molecular complexity index is 595. The normalized spacial score (nSPS) is 12.4. The molecule has 0 unspecified atom stereocenters. The Morgan fingerprint density at radius 3 is 2.15 bits per heavy atom. The summed E-state index contributed by atoms with van der Waals surface area (Å²) in [6.07, 6.45) is 0.136. The highest BCUT2D eigenvalue weighted by Crippen LogP contribution is 2.52. The van der Waals surface area contributed by atoms with Crippen LogP contribution in [0.1, 0.15) is 64.0 Å². The zero-order chi connectivity index (χ0) is 20.3. The van der Waals surface area contributed by atoms with Crippen LogP contribution in [0.25, 0.3) is 0 Å². The summed E-state index contributed by atoms with van der Waals surface area (Å²) in [6.45, 7) is 5.96. The molecule has 1 aromatic rings. The van der Waals surface area contributed by atoms with Gasteiger partial charge in [0.1, 0.15) is 5.75 Å². The van der Waals surface area contributed by atoms with E-state index in [0.717, 1.165) is 31.7 Å². The second kappa shape index (κ2) is 11.7. The lowest BCUT2D eigenvalue weighted by Gasteiger charge is -2.19. The largest absolute Gasteiger partial charge is 0.493 e. The standard InChI is InChI=1S/C19H30F3O4P/c1-4-7-8-9-10-13-24-18-12-11-16(14-17(18)19(20,21)22)15-27(23,25-5-2)26-6-3/h11-12,14H,4-10,13,15H2,1-3H3. The molecule has 27 heavy (non-hydrogen) atoms. The van der Waals surface area contributed by atoms with E-state index in [0.29, 0.717) is 6.42 Å². The van der Waals surface area contributed by atoms with Gasteiger partial charge < -0.3 is 13.8 Å². The summed E-state index contributed by atoms with van der Waals surface area (Å²) in [7, 11) is -3.47. The van der Waals surface area contributed by atoms with Crippen LogP contribution < -0.4 is 4.74 Å². The molecule has 0 spiro atoms. The van der Waals surface area contributed by atoms with Crippen molar-refractivity contribution in [2.45, 2.75) is 65.2 Å². The van der Waals surface area contributed by atoms with Gasteiger partial charge in [-0.25, -0.2) is 0 Å². The minimum absolute atomic E-state index is 0.155. The first-order chi connectivity index (χ1) is 12.8. The highest BCUT2D eigenvalue weighted by atomic mass is 31.2. The van der Waals surface area contributed by atoms with Crippen molar-refractivity contribution in [1.29, 1.82) is 0 Å². The van der Waals surface area contributed by atoms with Crippen molar-refractivity contribution in [2.75, 3.05) is 19.8 Å². The fourth-order valence-corrected chi connectivity index (χ4v) is 4.34. The Morgan fingerprint density at radius 2 is 1.59 bits per heavy atom. The van der Waals surface area contributed by atoms with E-state index in [1.807, 2.05) is 0 Å². The average Bonchev–Trinajstić information content (AvgIpc) is 2.58. The Labute approximate surface area is 159 Å².